The molecular formula is C18H24N4O2. The van der Waals surface area contributed by atoms with E-state index in [4.69, 9.17) is 4.74 Å². The standard InChI is InChI=1S/C18H24N4O2/c1-3-5-6-7-12-24-18(23)22(17-20-13-19-14-21-17)16-10-8-15(4-2)9-11-16/h8-11,13-14H,3-7,12H2,1-2H3. The first-order valence-electron chi connectivity index (χ1n) is 8.44. The molecule has 1 aromatic heterocycles. The number of carbonyl (C=O) groups excluding carboxylic acids is 1. The van der Waals surface area contributed by atoms with Crippen molar-refractivity contribution in [1.82, 2.24) is 15.0 Å². The summed E-state index contributed by atoms with van der Waals surface area (Å²) in [5.41, 5.74) is 1.87. The molecule has 128 valence electrons. The van der Waals surface area contributed by atoms with Crippen LogP contribution in [-0.2, 0) is 11.2 Å². The lowest BCUT2D eigenvalue weighted by Gasteiger charge is -2.20. The molecule has 0 aliphatic rings. The van der Waals surface area contributed by atoms with Crippen molar-refractivity contribution in [2.24, 2.45) is 0 Å². The van der Waals surface area contributed by atoms with Gasteiger partial charge in [-0.25, -0.2) is 24.6 Å². The van der Waals surface area contributed by atoms with Gasteiger partial charge in [0.05, 0.1) is 12.3 Å². The molecule has 0 aliphatic carbocycles. The third-order valence-electron chi connectivity index (χ3n) is 3.69. The summed E-state index contributed by atoms with van der Waals surface area (Å²) in [6.45, 7) is 4.63. The van der Waals surface area contributed by atoms with Crippen LogP contribution in [0.2, 0.25) is 0 Å². The molecule has 0 fully saturated rings. The Morgan fingerprint density at radius 1 is 1.04 bits per heavy atom. The van der Waals surface area contributed by atoms with Crippen molar-refractivity contribution >= 4 is 17.7 Å². The van der Waals surface area contributed by atoms with E-state index >= 15 is 0 Å². The summed E-state index contributed by atoms with van der Waals surface area (Å²) < 4.78 is 5.40. The molecule has 0 radical (unpaired) electrons. The Bertz CT molecular complexity index is 617. The maximum absolute atomic E-state index is 12.5. The van der Waals surface area contributed by atoms with Crippen LogP contribution in [0.4, 0.5) is 16.4 Å². The molecule has 0 aliphatic heterocycles. The first-order valence-corrected chi connectivity index (χ1v) is 8.44. The molecule has 0 spiro atoms. The van der Waals surface area contributed by atoms with Gasteiger partial charge in [-0.05, 0) is 30.5 Å². The summed E-state index contributed by atoms with van der Waals surface area (Å²) in [7, 11) is 0. The molecule has 2 rings (SSSR count). The fraction of sp³-hybridized carbons (Fsp3) is 0.444. The SMILES string of the molecule is CCCCCCOC(=O)N(c1ccc(CC)cc1)c1ncncn1. The molecule has 2 aromatic rings. The molecular weight excluding hydrogens is 304 g/mol. The second kappa shape index (κ2) is 9.60. The van der Waals surface area contributed by atoms with Crippen molar-refractivity contribution in [2.45, 2.75) is 46.0 Å². The minimum Gasteiger partial charge on any atom is -0.449 e. The summed E-state index contributed by atoms with van der Waals surface area (Å²) in [5.74, 6) is 0.257. The van der Waals surface area contributed by atoms with Crippen LogP contribution in [0.25, 0.3) is 0 Å². The number of hydrogen-bond donors (Lipinski definition) is 0. The predicted molar refractivity (Wildman–Crippen MR) is 93.3 cm³/mol. The number of anilines is 2. The van der Waals surface area contributed by atoms with Crippen LogP contribution in [0.1, 0.15) is 45.1 Å². The quantitative estimate of drug-likeness (QED) is 0.676. The van der Waals surface area contributed by atoms with E-state index in [0.717, 1.165) is 32.1 Å². The number of benzene rings is 1. The molecule has 1 aromatic carbocycles. The zero-order valence-corrected chi connectivity index (χ0v) is 14.3. The number of ether oxygens (including phenoxy) is 1. The highest BCUT2D eigenvalue weighted by atomic mass is 16.6. The number of nitrogens with zero attached hydrogens (tertiary/aromatic N) is 4. The molecule has 1 heterocycles. The lowest BCUT2D eigenvalue weighted by Crippen LogP contribution is -2.28. The van der Waals surface area contributed by atoms with Gasteiger partial charge in [-0.15, -0.1) is 0 Å². The van der Waals surface area contributed by atoms with Crippen molar-refractivity contribution in [3.05, 3.63) is 42.5 Å². The van der Waals surface area contributed by atoms with Gasteiger partial charge in [-0.1, -0.05) is 45.2 Å². The van der Waals surface area contributed by atoms with Crippen molar-refractivity contribution in [3.8, 4) is 0 Å². The van der Waals surface area contributed by atoms with Crippen molar-refractivity contribution in [2.75, 3.05) is 11.5 Å². The van der Waals surface area contributed by atoms with Gasteiger partial charge in [-0.2, -0.15) is 0 Å². The van der Waals surface area contributed by atoms with Crippen LogP contribution in [-0.4, -0.2) is 27.7 Å². The Kier molecular flexibility index (Phi) is 7.14. The minimum absolute atomic E-state index is 0.257. The van der Waals surface area contributed by atoms with Crippen LogP contribution < -0.4 is 4.90 Å². The third-order valence-corrected chi connectivity index (χ3v) is 3.69. The van der Waals surface area contributed by atoms with Crippen LogP contribution in [0.15, 0.2) is 36.9 Å². The maximum atomic E-state index is 12.5. The van der Waals surface area contributed by atoms with Crippen molar-refractivity contribution in [3.63, 3.8) is 0 Å². The summed E-state index contributed by atoms with van der Waals surface area (Å²) in [6, 6.07) is 7.72. The van der Waals surface area contributed by atoms with Gasteiger partial charge in [0, 0.05) is 0 Å². The molecule has 0 saturated carbocycles. The Morgan fingerprint density at radius 2 is 1.75 bits per heavy atom. The highest BCUT2D eigenvalue weighted by Crippen LogP contribution is 2.23. The summed E-state index contributed by atoms with van der Waals surface area (Å²) in [5, 5.41) is 0. The van der Waals surface area contributed by atoms with Crippen LogP contribution in [0.3, 0.4) is 0 Å². The highest BCUT2D eigenvalue weighted by Gasteiger charge is 2.22. The fourth-order valence-corrected chi connectivity index (χ4v) is 2.28. The largest absolute Gasteiger partial charge is 0.449 e. The Hall–Kier alpha value is -2.50. The lowest BCUT2D eigenvalue weighted by atomic mass is 10.1. The van der Waals surface area contributed by atoms with Gasteiger partial charge in [0.25, 0.3) is 0 Å². The first-order chi connectivity index (χ1) is 11.8. The van der Waals surface area contributed by atoms with E-state index in [1.165, 1.54) is 23.1 Å². The lowest BCUT2D eigenvalue weighted by molar-refractivity contribution is 0.153. The molecule has 1 amide bonds. The average molecular weight is 328 g/mol. The fourth-order valence-electron chi connectivity index (χ4n) is 2.28. The van der Waals surface area contributed by atoms with E-state index < -0.39 is 6.09 Å². The zero-order valence-electron chi connectivity index (χ0n) is 14.3. The van der Waals surface area contributed by atoms with E-state index in [2.05, 4.69) is 28.8 Å². The monoisotopic (exact) mass is 328 g/mol. The normalized spacial score (nSPS) is 10.4. The van der Waals surface area contributed by atoms with Crippen LogP contribution >= 0.6 is 0 Å². The molecule has 6 nitrogen and oxygen atoms in total. The van der Waals surface area contributed by atoms with Crippen molar-refractivity contribution < 1.29 is 9.53 Å². The van der Waals surface area contributed by atoms with Gasteiger partial charge < -0.3 is 4.74 Å². The summed E-state index contributed by atoms with van der Waals surface area (Å²) >= 11 is 0. The molecule has 24 heavy (non-hydrogen) atoms. The van der Waals surface area contributed by atoms with Gasteiger partial charge in [0.2, 0.25) is 5.95 Å². The van der Waals surface area contributed by atoms with E-state index in [-0.39, 0.29) is 5.95 Å². The summed E-state index contributed by atoms with van der Waals surface area (Å²) in [6.07, 6.45) is 7.41. The number of amides is 1. The van der Waals surface area contributed by atoms with E-state index in [1.807, 2.05) is 24.3 Å². The maximum Gasteiger partial charge on any atom is 0.421 e. The van der Waals surface area contributed by atoms with Crippen molar-refractivity contribution in [1.29, 1.82) is 0 Å². The zero-order chi connectivity index (χ0) is 17.2. The minimum atomic E-state index is -0.470. The predicted octanol–water partition coefficient (Wildman–Crippen LogP) is 4.29. The van der Waals surface area contributed by atoms with E-state index in [0.29, 0.717) is 12.3 Å². The second-order valence-corrected chi connectivity index (χ2v) is 5.47. The topological polar surface area (TPSA) is 68.2 Å². The van der Waals surface area contributed by atoms with Crippen LogP contribution in [0.5, 0.6) is 0 Å². The molecule has 0 N–H and O–H groups in total. The van der Waals surface area contributed by atoms with Gasteiger partial charge in [-0.3, -0.25) is 0 Å². The summed E-state index contributed by atoms with van der Waals surface area (Å²) in [4.78, 5) is 25.9. The van der Waals surface area contributed by atoms with E-state index in [1.54, 1.807) is 0 Å². The molecule has 0 bridgehead atoms. The van der Waals surface area contributed by atoms with E-state index in [9.17, 15) is 4.79 Å². The second-order valence-electron chi connectivity index (χ2n) is 5.47. The van der Waals surface area contributed by atoms with Gasteiger partial charge >= 0.3 is 6.09 Å². The van der Waals surface area contributed by atoms with Gasteiger partial charge in [0.1, 0.15) is 12.7 Å². The Balaban J connectivity index is 2.12. The third kappa shape index (κ3) is 5.01. The number of aromatic nitrogens is 3. The molecule has 0 atom stereocenters. The number of aryl methyl sites for hydroxylation is 1. The highest BCUT2D eigenvalue weighted by molar-refractivity contribution is 5.93. The average Bonchev–Trinajstić information content (AvgIpc) is 2.63. The molecule has 6 heteroatoms. The molecule has 0 saturated heterocycles. The van der Waals surface area contributed by atoms with Crippen LogP contribution in [0, 0.1) is 0 Å². The van der Waals surface area contributed by atoms with Gasteiger partial charge in [0.15, 0.2) is 0 Å². The Morgan fingerprint density at radius 3 is 2.38 bits per heavy atom. The number of carbonyl (C=O) groups is 1. The number of unbranched alkanes of at least 4 members (excludes halogenated alkanes) is 3. The molecule has 0 unspecified atom stereocenters. The Labute approximate surface area is 142 Å². The number of hydrogen-bond acceptors (Lipinski definition) is 5. The first kappa shape index (κ1) is 17.8. The number of rotatable bonds is 8. The smallest absolute Gasteiger partial charge is 0.421 e.